The second-order valence-corrected chi connectivity index (χ2v) is 6.72. The Morgan fingerprint density at radius 3 is 2.77 bits per heavy atom. The molecule has 120 valence electrons. The Hall–Kier alpha value is -2.16. The van der Waals surface area contributed by atoms with Crippen molar-refractivity contribution in [2.75, 3.05) is 25.4 Å². The van der Waals surface area contributed by atoms with Crippen LogP contribution in [0.25, 0.3) is 0 Å². The van der Waals surface area contributed by atoms with Crippen LogP contribution in [0.5, 0.6) is 0 Å². The third-order valence-corrected chi connectivity index (χ3v) is 4.34. The van der Waals surface area contributed by atoms with E-state index in [-0.39, 0.29) is 24.7 Å². The number of amides is 1. The maximum Gasteiger partial charge on any atom is 0.323 e. The van der Waals surface area contributed by atoms with Crippen LogP contribution in [0.4, 0.5) is 0 Å². The molecule has 0 spiro atoms. The highest BCUT2D eigenvalue weighted by Gasteiger charge is 2.26. The number of hydrogen-bond acceptors (Lipinski definition) is 5. The Balaban J connectivity index is 2.20. The molecule has 0 fully saturated rings. The van der Waals surface area contributed by atoms with Gasteiger partial charge in [-0.25, -0.2) is 8.42 Å². The van der Waals surface area contributed by atoms with Crippen molar-refractivity contribution in [3.05, 3.63) is 23.9 Å². The van der Waals surface area contributed by atoms with Gasteiger partial charge in [0, 0.05) is 19.3 Å². The lowest BCUT2D eigenvalue weighted by molar-refractivity contribution is -0.143. The molecule has 2 aliphatic heterocycles. The zero-order chi connectivity index (χ0) is 16.3. The molecule has 0 atom stereocenters. The van der Waals surface area contributed by atoms with E-state index >= 15 is 0 Å². The fourth-order valence-corrected chi connectivity index (χ4v) is 3.17. The van der Waals surface area contributed by atoms with Gasteiger partial charge in [-0.1, -0.05) is 6.92 Å². The highest BCUT2D eigenvalue weighted by Crippen LogP contribution is 2.17. The van der Waals surface area contributed by atoms with Gasteiger partial charge in [0.2, 0.25) is 0 Å². The molecular weight excluding hydrogens is 310 g/mol. The third kappa shape index (κ3) is 3.73. The van der Waals surface area contributed by atoms with E-state index in [0.29, 0.717) is 18.5 Å². The molecule has 0 aromatic carbocycles. The average molecular weight is 327 g/mol. The van der Waals surface area contributed by atoms with Crippen LogP contribution < -0.4 is 0 Å². The van der Waals surface area contributed by atoms with Gasteiger partial charge in [-0.05, 0) is 18.6 Å². The number of rotatable bonds is 5. The van der Waals surface area contributed by atoms with Gasteiger partial charge in [-0.15, -0.1) is 4.40 Å². The summed E-state index contributed by atoms with van der Waals surface area (Å²) in [4.78, 5) is 26.1. The Kier molecular flexibility index (Phi) is 4.65. The molecule has 0 saturated carbocycles. The molecule has 0 unspecified atom stereocenters. The first kappa shape index (κ1) is 16.2. The van der Waals surface area contributed by atoms with Crippen molar-refractivity contribution < 1.29 is 23.1 Å². The topological polar surface area (TPSA) is 107 Å². The van der Waals surface area contributed by atoms with Crippen molar-refractivity contribution in [1.29, 1.82) is 0 Å². The molecule has 9 heteroatoms. The van der Waals surface area contributed by atoms with Gasteiger partial charge >= 0.3 is 5.97 Å². The minimum atomic E-state index is -3.44. The number of carboxylic acid groups (broad SMARTS) is 1. The van der Waals surface area contributed by atoms with E-state index in [0.717, 1.165) is 0 Å². The number of fused-ring (bicyclic) bond motifs is 1. The Labute approximate surface area is 128 Å². The summed E-state index contributed by atoms with van der Waals surface area (Å²) in [6.45, 7) is 2.04. The Morgan fingerprint density at radius 2 is 2.14 bits per heavy atom. The quantitative estimate of drug-likeness (QED) is 0.750. The summed E-state index contributed by atoms with van der Waals surface area (Å²) in [6.07, 6.45) is 5.07. The summed E-state index contributed by atoms with van der Waals surface area (Å²) in [7, 11) is -3.44. The van der Waals surface area contributed by atoms with Crippen LogP contribution in [-0.2, 0) is 19.6 Å². The van der Waals surface area contributed by atoms with Crippen LogP contribution in [0.3, 0.4) is 0 Å². The van der Waals surface area contributed by atoms with Crippen molar-refractivity contribution in [2.24, 2.45) is 4.40 Å². The molecule has 0 radical (unpaired) electrons. The summed E-state index contributed by atoms with van der Waals surface area (Å²) in [5.74, 6) is -1.32. The zero-order valence-electron chi connectivity index (χ0n) is 12.1. The molecule has 0 bridgehead atoms. The van der Waals surface area contributed by atoms with E-state index in [4.69, 9.17) is 5.11 Å². The molecule has 8 nitrogen and oxygen atoms in total. The molecular formula is C13H17N3O5S. The van der Waals surface area contributed by atoms with Crippen molar-refractivity contribution in [3.8, 4) is 0 Å². The van der Waals surface area contributed by atoms with Gasteiger partial charge in [0.25, 0.3) is 15.9 Å². The minimum Gasteiger partial charge on any atom is -0.480 e. The lowest BCUT2D eigenvalue weighted by Gasteiger charge is -2.28. The van der Waals surface area contributed by atoms with Crippen LogP contribution in [0, 0.1) is 0 Å². The second kappa shape index (κ2) is 6.30. The lowest BCUT2D eigenvalue weighted by Crippen LogP contribution is -2.40. The number of carboxylic acids is 1. The smallest absolute Gasteiger partial charge is 0.323 e. The standard InChI is InChI=1S/C13H17N3O5S/c1-2-5-16(9-12(17)18)13(19)10-3-4-11-14-22(20,21)7-6-15(11)8-10/h3-4,8H,2,5-7,9H2,1H3,(H,17,18). The first-order valence-corrected chi connectivity index (χ1v) is 8.43. The number of carbonyl (C=O) groups excluding carboxylic acids is 1. The first-order chi connectivity index (χ1) is 10.3. The monoisotopic (exact) mass is 327 g/mol. The highest BCUT2D eigenvalue weighted by atomic mass is 32.2. The van der Waals surface area contributed by atoms with E-state index in [1.807, 2.05) is 6.92 Å². The highest BCUT2D eigenvalue weighted by molar-refractivity contribution is 7.90. The average Bonchev–Trinajstić information content (AvgIpc) is 2.44. The number of sulfonamides is 1. The van der Waals surface area contributed by atoms with Crippen LogP contribution in [0.15, 0.2) is 28.3 Å². The van der Waals surface area contributed by atoms with Gasteiger partial charge in [0.1, 0.15) is 12.4 Å². The van der Waals surface area contributed by atoms with Gasteiger partial charge in [0.05, 0.1) is 11.3 Å². The lowest BCUT2D eigenvalue weighted by atomic mass is 10.1. The molecule has 1 amide bonds. The van der Waals surface area contributed by atoms with Crippen LogP contribution >= 0.6 is 0 Å². The minimum absolute atomic E-state index is 0.115. The van der Waals surface area contributed by atoms with E-state index in [9.17, 15) is 18.0 Å². The molecule has 0 aliphatic carbocycles. The number of carbonyl (C=O) groups is 2. The van der Waals surface area contributed by atoms with E-state index in [2.05, 4.69) is 4.40 Å². The maximum absolute atomic E-state index is 12.4. The van der Waals surface area contributed by atoms with E-state index in [1.165, 1.54) is 23.3 Å². The summed E-state index contributed by atoms with van der Waals surface area (Å²) in [6, 6.07) is 0. The SMILES string of the molecule is CCCN(CC(=O)O)C(=O)C1=CN2CCS(=O)(=O)N=C2C=C1. The van der Waals surface area contributed by atoms with Crippen LogP contribution in [0.1, 0.15) is 13.3 Å². The summed E-state index contributed by atoms with van der Waals surface area (Å²) in [5, 5.41) is 8.88. The number of amidine groups is 1. The Bertz CT molecular complexity index is 678. The fraction of sp³-hybridized carbons (Fsp3) is 0.462. The summed E-state index contributed by atoms with van der Waals surface area (Å²) in [5.41, 5.74) is 0.313. The molecule has 0 aromatic heterocycles. The predicted octanol–water partition coefficient (Wildman–Crippen LogP) is -0.193. The summed E-state index contributed by atoms with van der Waals surface area (Å²) >= 11 is 0. The maximum atomic E-state index is 12.4. The molecule has 2 heterocycles. The van der Waals surface area contributed by atoms with E-state index < -0.39 is 21.9 Å². The van der Waals surface area contributed by atoms with Crippen molar-refractivity contribution in [3.63, 3.8) is 0 Å². The van der Waals surface area contributed by atoms with Gasteiger partial charge < -0.3 is 14.9 Å². The van der Waals surface area contributed by atoms with Crippen molar-refractivity contribution in [1.82, 2.24) is 9.80 Å². The number of hydrogen-bond donors (Lipinski definition) is 1. The normalized spacial score (nSPS) is 19.0. The van der Waals surface area contributed by atoms with Crippen molar-refractivity contribution in [2.45, 2.75) is 13.3 Å². The number of nitrogens with zero attached hydrogens (tertiary/aromatic N) is 3. The van der Waals surface area contributed by atoms with Crippen LogP contribution in [0.2, 0.25) is 0 Å². The third-order valence-electron chi connectivity index (χ3n) is 3.18. The van der Waals surface area contributed by atoms with Crippen LogP contribution in [-0.4, -0.2) is 66.4 Å². The number of aliphatic carboxylic acids is 1. The molecule has 0 saturated heterocycles. The van der Waals surface area contributed by atoms with Gasteiger partial charge in [0.15, 0.2) is 0 Å². The van der Waals surface area contributed by atoms with Gasteiger partial charge in [-0.2, -0.15) is 0 Å². The molecule has 1 N–H and O–H groups in total. The molecule has 0 aromatic rings. The summed E-state index contributed by atoms with van der Waals surface area (Å²) < 4.78 is 26.5. The van der Waals surface area contributed by atoms with Crippen molar-refractivity contribution >= 4 is 27.7 Å². The van der Waals surface area contributed by atoms with E-state index in [1.54, 1.807) is 4.90 Å². The molecule has 2 rings (SSSR count). The second-order valence-electron chi connectivity index (χ2n) is 4.97. The zero-order valence-corrected chi connectivity index (χ0v) is 12.9. The van der Waals surface area contributed by atoms with Gasteiger partial charge in [-0.3, -0.25) is 9.59 Å². The predicted molar refractivity (Wildman–Crippen MR) is 79.7 cm³/mol. The fourth-order valence-electron chi connectivity index (χ4n) is 2.20. The largest absolute Gasteiger partial charge is 0.480 e. The Morgan fingerprint density at radius 1 is 1.41 bits per heavy atom. The molecule has 2 aliphatic rings. The first-order valence-electron chi connectivity index (χ1n) is 6.82. The molecule has 22 heavy (non-hydrogen) atoms.